The summed E-state index contributed by atoms with van der Waals surface area (Å²) in [4.78, 5) is 15.6. The molecule has 9 heteroatoms. The molecule has 2 N–H and O–H groups in total. The van der Waals surface area contributed by atoms with Crippen LogP contribution in [-0.4, -0.2) is 33.6 Å². The van der Waals surface area contributed by atoms with Gasteiger partial charge in [0.15, 0.2) is 11.5 Å². The Balaban J connectivity index is 1.24. The molecule has 2 aromatic heterocycles. The molecule has 1 amide bonds. The molecule has 5 rings (SSSR count). The van der Waals surface area contributed by atoms with Crippen LogP contribution in [0.4, 0.5) is 5.69 Å². The molecule has 0 spiro atoms. The van der Waals surface area contributed by atoms with Crippen molar-refractivity contribution in [1.29, 1.82) is 0 Å². The van der Waals surface area contributed by atoms with Crippen molar-refractivity contribution in [3.63, 3.8) is 0 Å². The van der Waals surface area contributed by atoms with E-state index in [1.165, 1.54) is 17.3 Å². The maximum atomic E-state index is 12.3. The van der Waals surface area contributed by atoms with Crippen LogP contribution in [0, 0.1) is 13.8 Å². The Kier molecular flexibility index (Phi) is 4.59. The normalized spacial score (nSPS) is 12.5. The van der Waals surface area contributed by atoms with E-state index in [0.29, 0.717) is 28.3 Å². The number of benzene rings is 2. The zero-order chi connectivity index (χ0) is 20.7. The maximum absolute atomic E-state index is 12.3. The molecule has 0 aliphatic carbocycles. The first-order chi connectivity index (χ1) is 14.6. The third kappa shape index (κ3) is 3.48. The van der Waals surface area contributed by atoms with Crippen LogP contribution in [0.3, 0.4) is 0 Å². The molecular weight excluding hydrogens is 404 g/mol. The number of nitrogens with one attached hydrogen (secondary N) is 2. The van der Waals surface area contributed by atoms with Crippen molar-refractivity contribution in [3.05, 3.63) is 47.7 Å². The van der Waals surface area contributed by atoms with Crippen LogP contribution in [0.15, 0.2) is 46.0 Å². The highest BCUT2D eigenvalue weighted by Crippen LogP contribution is 2.34. The lowest BCUT2D eigenvalue weighted by Gasteiger charge is -2.05. The molecule has 152 valence electrons. The zero-order valence-electron chi connectivity index (χ0n) is 16.3. The van der Waals surface area contributed by atoms with Gasteiger partial charge in [-0.05, 0) is 49.7 Å². The number of amides is 1. The number of hydrogen-bond acceptors (Lipinski definition) is 7. The summed E-state index contributed by atoms with van der Waals surface area (Å²) in [6.45, 7) is 4.31. The summed E-state index contributed by atoms with van der Waals surface area (Å²) < 4.78 is 16.3. The summed E-state index contributed by atoms with van der Waals surface area (Å²) in [6.07, 6.45) is 0. The minimum absolute atomic E-state index is 0.144. The quantitative estimate of drug-likeness (QED) is 0.463. The maximum Gasteiger partial charge on any atom is 0.277 e. The predicted octanol–water partition coefficient (Wildman–Crippen LogP) is 4.29. The average Bonchev–Trinajstić information content (AvgIpc) is 3.46. The highest BCUT2D eigenvalue weighted by molar-refractivity contribution is 7.99. The Morgan fingerprint density at radius 1 is 1.13 bits per heavy atom. The van der Waals surface area contributed by atoms with Crippen molar-refractivity contribution in [3.8, 4) is 23.0 Å². The first-order valence-corrected chi connectivity index (χ1v) is 10.3. The molecular formula is C21H18N4O4S. The number of ether oxygens (including phenoxy) is 2. The first kappa shape index (κ1) is 18.6. The number of nitrogens with zero attached hydrogens (tertiary/aromatic N) is 2. The minimum atomic E-state index is -0.182. The van der Waals surface area contributed by atoms with E-state index >= 15 is 0 Å². The molecule has 0 bridgehead atoms. The SMILES string of the molecule is Cc1[nH]c2ccc(-c3nnc(SCC(=O)Nc4ccc5c(c4)OCO5)o3)cc2c1C. The van der Waals surface area contributed by atoms with Gasteiger partial charge in [0.25, 0.3) is 5.22 Å². The molecule has 8 nitrogen and oxygen atoms in total. The van der Waals surface area contributed by atoms with Gasteiger partial charge in [0.2, 0.25) is 18.6 Å². The number of rotatable bonds is 5. The van der Waals surface area contributed by atoms with Crippen LogP contribution in [-0.2, 0) is 4.79 Å². The fourth-order valence-electron chi connectivity index (χ4n) is 3.28. The van der Waals surface area contributed by atoms with Gasteiger partial charge in [-0.3, -0.25) is 4.79 Å². The molecule has 1 aliphatic heterocycles. The van der Waals surface area contributed by atoms with E-state index in [0.717, 1.165) is 22.2 Å². The summed E-state index contributed by atoms with van der Waals surface area (Å²) in [7, 11) is 0. The van der Waals surface area contributed by atoms with Gasteiger partial charge in [-0.25, -0.2) is 0 Å². The zero-order valence-corrected chi connectivity index (χ0v) is 17.1. The van der Waals surface area contributed by atoms with Gasteiger partial charge in [-0.1, -0.05) is 11.8 Å². The number of thioether (sulfide) groups is 1. The Bertz CT molecular complexity index is 1260. The molecule has 0 radical (unpaired) electrons. The van der Waals surface area contributed by atoms with Crippen molar-refractivity contribution in [2.75, 3.05) is 17.9 Å². The lowest BCUT2D eigenvalue weighted by Crippen LogP contribution is -2.13. The minimum Gasteiger partial charge on any atom is -0.454 e. The summed E-state index contributed by atoms with van der Waals surface area (Å²) in [5.74, 6) is 1.67. The standard InChI is InChI=1S/C21H18N4O4S/c1-11-12(2)22-16-5-3-13(7-15(11)16)20-24-25-21(29-20)30-9-19(26)23-14-4-6-17-18(8-14)28-10-27-17/h3-8,22H,9-10H2,1-2H3,(H,23,26). The lowest BCUT2D eigenvalue weighted by atomic mass is 10.1. The second-order valence-electron chi connectivity index (χ2n) is 6.91. The molecule has 3 heterocycles. The molecule has 0 fully saturated rings. The second-order valence-corrected chi connectivity index (χ2v) is 7.84. The highest BCUT2D eigenvalue weighted by Gasteiger charge is 2.16. The topological polar surface area (TPSA) is 102 Å². The second kappa shape index (κ2) is 7.42. The number of aryl methyl sites for hydroxylation is 2. The Morgan fingerprint density at radius 2 is 2.00 bits per heavy atom. The highest BCUT2D eigenvalue weighted by atomic mass is 32.2. The third-order valence-electron chi connectivity index (χ3n) is 4.94. The summed E-state index contributed by atoms with van der Waals surface area (Å²) in [5.41, 5.74) is 4.89. The lowest BCUT2D eigenvalue weighted by molar-refractivity contribution is -0.113. The molecule has 0 saturated carbocycles. The smallest absolute Gasteiger partial charge is 0.277 e. The van der Waals surface area contributed by atoms with Crippen molar-refractivity contribution >= 4 is 34.3 Å². The summed E-state index contributed by atoms with van der Waals surface area (Å²) in [6, 6.07) is 11.2. The molecule has 0 saturated heterocycles. The number of hydrogen-bond donors (Lipinski definition) is 2. The van der Waals surface area contributed by atoms with Crippen LogP contribution >= 0.6 is 11.8 Å². The van der Waals surface area contributed by atoms with E-state index in [9.17, 15) is 4.79 Å². The van der Waals surface area contributed by atoms with E-state index in [1.54, 1.807) is 18.2 Å². The van der Waals surface area contributed by atoms with Crippen LogP contribution in [0.2, 0.25) is 0 Å². The average molecular weight is 422 g/mol. The van der Waals surface area contributed by atoms with Gasteiger partial charge in [0.05, 0.1) is 5.75 Å². The number of carbonyl (C=O) groups is 1. The van der Waals surface area contributed by atoms with E-state index in [1.807, 2.05) is 25.1 Å². The van der Waals surface area contributed by atoms with Gasteiger partial charge in [-0.2, -0.15) is 0 Å². The summed E-state index contributed by atoms with van der Waals surface area (Å²) >= 11 is 1.19. The van der Waals surface area contributed by atoms with Crippen molar-refractivity contribution < 1.29 is 18.7 Å². The Morgan fingerprint density at radius 3 is 2.90 bits per heavy atom. The third-order valence-corrected chi connectivity index (χ3v) is 5.76. The van der Waals surface area contributed by atoms with E-state index in [2.05, 4.69) is 27.4 Å². The van der Waals surface area contributed by atoms with Crippen molar-refractivity contribution in [2.24, 2.45) is 0 Å². The van der Waals surface area contributed by atoms with E-state index in [4.69, 9.17) is 13.9 Å². The van der Waals surface area contributed by atoms with Gasteiger partial charge >= 0.3 is 0 Å². The number of aromatic amines is 1. The fraction of sp³-hybridized carbons (Fsp3) is 0.190. The van der Waals surface area contributed by atoms with Crippen molar-refractivity contribution in [2.45, 2.75) is 19.1 Å². The first-order valence-electron chi connectivity index (χ1n) is 9.32. The molecule has 0 atom stereocenters. The monoisotopic (exact) mass is 422 g/mol. The fourth-order valence-corrected chi connectivity index (χ4v) is 3.84. The predicted molar refractivity (Wildman–Crippen MR) is 113 cm³/mol. The molecule has 4 aromatic rings. The summed E-state index contributed by atoms with van der Waals surface area (Å²) in [5, 5.41) is 12.5. The van der Waals surface area contributed by atoms with E-state index in [-0.39, 0.29) is 18.5 Å². The number of carbonyl (C=O) groups excluding carboxylic acids is 1. The molecule has 1 aliphatic rings. The van der Waals surface area contributed by atoms with Gasteiger partial charge in [0.1, 0.15) is 0 Å². The van der Waals surface area contributed by atoms with Crippen molar-refractivity contribution in [1.82, 2.24) is 15.2 Å². The number of anilines is 1. The van der Waals surface area contributed by atoms with Crippen LogP contribution in [0.1, 0.15) is 11.3 Å². The van der Waals surface area contributed by atoms with E-state index < -0.39 is 0 Å². The van der Waals surface area contributed by atoms with Crippen LogP contribution < -0.4 is 14.8 Å². The number of H-pyrrole nitrogens is 1. The Labute approximate surface area is 176 Å². The number of fused-ring (bicyclic) bond motifs is 2. The molecule has 30 heavy (non-hydrogen) atoms. The largest absolute Gasteiger partial charge is 0.454 e. The Hall–Kier alpha value is -3.46. The number of aromatic nitrogens is 3. The van der Waals surface area contributed by atoms with Gasteiger partial charge in [-0.15, -0.1) is 10.2 Å². The van der Waals surface area contributed by atoms with Gasteiger partial charge < -0.3 is 24.2 Å². The van der Waals surface area contributed by atoms with Crippen LogP contribution in [0.25, 0.3) is 22.4 Å². The van der Waals surface area contributed by atoms with Gasteiger partial charge in [0, 0.05) is 33.9 Å². The molecule has 2 aromatic carbocycles. The molecule has 0 unspecified atom stereocenters. The van der Waals surface area contributed by atoms with Crippen LogP contribution in [0.5, 0.6) is 11.5 Å².